The van der Waals surface area contributed by atoms with Crippen molar-refractivity contribution in [2.45, 2.75) is 19.2 Å². The highest BCUT2D eigenvalue weighted by Gasteiger charge is 2.18. The summed E-state index contributed by atoms with van der Waals surface area (Å²) in [7, 11) is 0. The van der Waals surface area contributed by atoms with Crippen LogP contribution in [0, 0.1) is 6.92 Å². The van der Waals surface area contributed by atoms with Gasteiger partial charge in [-0.05, 0) is 31.5 Å². The molecule has 0 aliphatic heterocycles. The molecule has 0 saturated heterocycles. The number of halogens is 3. The van der Waals surface area contributed by atoms with E-state index in [1.54, 1.807) is 18.4 Å². The number of ether oxygens (including phenoxy) is 1. The number of rotatable bonds is 4. The third kappa shape index (κ3) is 3.19. The molecule has 19 heavy (non-hydrogen) atoms. The summed E-state index contributed by atoms with van der Waals surface area (Å²) in [6.45, 7) is 4.28. The molecule has 1 aromatic carbocycles. The lowest BCUT2D eigenvalue weighted by Crippen LogP contribution is -1.97. The zero-order valence-electron chi connectivity index (χ0n) is 10.5. The highest BCUT2D eigenvalue weighted by atomic mass is 35.5. The lowest BCUT2D eigenvalue weighted by atomic mass is 10.1. The van der Waals surface area contributed by atoms with Gasteiger partial charge in [-0.15, -0.1) is 11.6 Å². The summed E-state index contributed by atoms with van der Waals surface area (Å²) in [5, 5.41) is 0.608. The van der Waals surface area contributed by atoms with Gasteiger partial charge in [0.25, 0.3) is 0 Å². The van der Waals surface area contributed by atoms with Crippen molar-refractivity contribution in [3.05, 3.63) is 51.4 Å². The van der Waals surface area contributed by atoms with Gasteiger partial charge < -0.3 is 9.15 Å². The molecule has 1 aromatic heterocycles. The zero-order chi connectivity index (χ0) is 14.0. The number of furan rings is 1. The maximum atomic E-state index is 6.41. The van der Waals surface area contributed by atoms with Crippen LogP contribution in [-0.4, -0.2) is 6.61 Å². The van der Waals surface area contributed by atoms with Gasteiger partial charge in [-0.25, -0.2) is 0 Å². The summed E-state index contributed by atoms with van der Waals surface area (Å²) in [5.74, 6) is 1.36. The van der Waals surface area contributed by atoms with Crippen molar-refractivity contribution < 1.29 is 9.15 Å². The van der Waals surface area contributed by atoms with Crippen LogP contribution in [0.1, 0.15) is 29.2 Å². The fraction of sp³-hybridized carbons (Fsp3) is 0.286. The molecular formula is C14H13Cl3O2. The first-order valence-corrected chi connectivity index (χ1v) is 7.03. The monoisotopic (exact) mass is 318 g/mol. The normalized spacial score (nSPS) is 12.5. The summed E-state index contributed by atoms with van der Waals surface area (Å²) < 4.78 is 10.6. The molecule has 2 rings (SSSR count). The molecule has 1 heterocycles. The van der Waals surface area contributed by atoms with Gasteiger partial charge in [0.15, 0.2) is 0 Å². The molecule has 1 atom stereocenters. The number of aryl methyl sites for hydroxylation is 1. The third-order valence-electron chi connectivity index (χ3n) is 2.67. The van der Waals surface area contributed by atoms with Gasteiger partial charge in [0.2, 0.25) is 0 Å². The van der Waals surface area contributed by atoms with Crippen molar-refractivity contribution in [3.63, 3.8) is 0 Å². The van der Waals surface area contributed by atoms with Crippen LogP contribution in [0.15, 0.2) is 28.9 Å². The average Bonchev–Trinajstić information content (AvgIpc) is 2.79. The molecule has 102 valence electrons. The fourth-order valence-corrected chi connectivity index (χ4v) is 2.62. The predicted molar refractivity (Wildman–Crippen MR) is 78.8 cm³/mol. The second-order valence-electron chi connectivity index (χ2n) is 4.09. The number of alkyl halides is 1. The molecule has 0 bridgehead atoms. The first kappa shape index (κ1) is 14.6. The molecule has 0 aliphatic carbocycles. The van der Waals surface area contributed by atoms with E-state index in [1.165, 1.54) is 0 Å². The van der Waals surface area contributed by atoms with E-state index in [9.17, 15) is 0 Å². The average molecular weight is 320 g/mol. The van der Waals surface area contributed by atoms with Gasteiger partial charge in [0.05, 0.1) is 23.3 Å². The highest BCUT2D eigenvalue weighted by molar-refractivity contribution is 6.36. The summed E-state index contributed by atoms with van der Waals surface area (Å²) >= 11 is 18.8. The minimum atomic E-state index is -0.405. The Hall–Kier alpha value is -0.830. The highest BCUT2D eigenvalue weighted by Crippen LogP contribution is 2.39. The second-order valence-corrected chi connectivity index (χ2v) is 5.34. The second kappa shape index (κ2) is 6.08. The minimum absolute atomic E-state index is 0.405. The van der Waals surface area contributed by atoms with E-state index in [4.69, 9.17) is 44.0 Å². The lowest BCUT2D eigenvalue weighted by Gasteiger charge is -2.13. The predicted octanol–water partition coefficient (Wildman–Crippen LogP) is 5.62. The molecule has 2 aromatic rings. The number of benzene rings is 1. The van der Waals surface area contributed by atoms with Crippen molar-refractivity contribution in [1.82, 2.24) is 0 Å². The summed E-state index contributed by atoms with van der Waals surface area (Å²) in [4.78, 5) is 0. The molecule has 0 fully saturated rings. The van der Waals surface area contributed by atoms with Gasteiger partial charge in [-0.3, -0.25) is 0 Å². The van der Waals surface area contributed by atoms with Crippen LogP contribution < -0.4 is 4.74 Å². The molecule has 2 nitrogen and oxygen atoms in total. The smallest absolute Gasteiger partial charge is 0.139 e. The maximum absolute atomic E-state index is 6.41. The number of hydrogen-bond donors (Lipinski definition) is 0. The Balaban J connectivity index is 2.37. The Morgan fingerprint density at radius 1 is 1.21 bits per heavy atom. The van der Waals surface area contributed by atoms with Gasteiger partial charge >= 0.3 is 0 Å². The SMILES string of the molecule is CCOc1cc(Cl)c(C(Cl)c2coc(C)c2)cc1Cl. The minimum Gasteiger partial charge on any atom is -0.492 e. The van der Waals surface area contributed by atoms with Crippen LogP contribution in [0.5, 0.6) is 5.75 Å². The zero-order valence-corrected chi connectivity index (χ0v) is 12.8. The van der Waals surface area contributed by atoms with Crippen LogP contribution in [0.4, 0.5) is 0 Å². The quantitative estimate of drug-likeness (QED) is 0.682. The van der Waals surface area contributed by atoms with Crippen LogP contribution >= 0.6 is 34.8 Å². The van der Waals surface area contributed by atoms with E-state index in [-0.39, 0.29) is 0 Å². The first-order chi connectivity index (χ1) is 9.02. The summed E-state index contributed by atoms with van der Waals surface area (Å²) in [6, 6.07) is 5.29. The molecule has 0 spiro atoms. The van der Waals surface area contributed by atoms with Crippen molar-refractivity contribution in [2.24, 2.45) is 0 Å². The van der Waals surface area contributed by atoms with Crippen molar-refractivity contribution in [2.75, 3.05) is 6.61 Å². The van der Waals surface area contributed by atoms with E-state index in [0.717, 1.165) is 16.9 Å². The van der Waals surface area contributed by atoms with Crippen molar-refractivity contribution in [1.29, 1.82) is 0 Å². The van der Waals surface area contributed by atoms with Crippen LogP contribution in [0.3, 0.4) is 0 Å². The molecule has 0 amide bonds. The van der Waals surface area contributed by atoms with Gasteiger partial charge in [0.1, 0.15) is 11.5 Å². The standard InChI is InChI=1S/C14H13Cl3O2/c1-3-18-13-6-11(15)10(5-12(13)16)14(17)9-4-8(2)19-7-9/h4-7,14H,3H2,1-2H3. The van der Waals surface area contributed by atoms with E-state index in [2.05, 4.69) is 0 Å². The first-order valence-electron chi connectivity index (χ1n) is 5.83. The molecule has 0 saturated carbocycles. The fourth-order valence-electron chi connectivity index (χ4n) is 1.78. The number of hydrogen-bond acceptors (Lipinski definition) is 2. The van der Waals surface area contributed by atoms with Gasteiger partial charge in [-0.1, -0.05) is 23.2 Å². The van der Waals surface area contributed by atoms with E-state index >= 15 is 0 Å². The summed E-state index contributed by atoms with van der Waals surface area (Å²) in [6.07, 6.45) is 1.62. The maximum Gasteiger partial charge on any atom is 0.139 e. The van der Waals surface area contributed by atoms with E-state index in [0.29, 0.717) is 22.4 Å². The van der Waals surface area contributed by atoms with Crippen LogP contribution in [0.2, 0.25) is 10.0 Å². The Kier molecular flexibility index (Phi) is 4.67. The molecule has 5 heteroatoms. The Bertz CT molecular complexity index is 578. The largest absolute Gasteiger partial charge is 0.492 e. The van der Waals surface area contributed by atoms with Crippen molar-refractivity contribution >= 4 is 34.8 Å². The van der Waals surface area contributed by atoms with Gasteiger partial charge in [0, 0.05) is 16.7 Å². The van der Waals surface area contributed by atoms with E-state index < -0.39 is 5.38 Å². The Labute approximate surface area is 127 Å². The van der Waals surface area contributed by atoms with Gasteiger partial charge in [-0.2, -0.15) is 0 Å². The molecule has 0 radical (unpaired) electrons. The molecule has 0 aliphatic rings. The lowest BCUT2D eigenvalue weighted by molar-refractivity contribution is 0.340. The molecular weight excluding hydrogens is 307 g/mol. The molecule has 0 N–H and O–H groups in total. The molecule has 1 unspecified atom stereocenters. The Morgan fingerprint density at radius 2 is 1.95 bits per heavy atom. The van der Waals surface area contributed by atoms with E-state index in [1.807, 2.05) is 19.9 Å². The third-order valence-corrected chi connectivity index (χ3v) is 3.78. The van der Waals surface area contributed by atoms with Crippen molar-refractivity contribution in [3.8, 4) is 5.75 Å². The van der Waals surface area contributed by atoms with Crippen LogP contribution in [-0.2, 0) is 0 Å². The summed E-state index contributed by atoms with van der Waals surface area (Å²) in [5.41, 5.74) is 1.58. The Morgan fingerprint density at radius 3 is 2.53 bits per heavy atom. The topological polar surface area (TPSA) is 22.4 Å². The van der Waals surface area contributed by atoms with Crippen LogP contribution in [0.25, 0.3) is 0 Å².